The third kappa shape index (κ3) is 3.53. The van der Waals surface area contributed by atoms with Crippen LogP contribution < -0.4 is 0 Å². The summed E-state index contributed by atoms with van der Waals surface area (Å²) in [6.45, 7) is 0. The molecule has 0 atom stereocenters. The van der Waals surface area contributed by atoms with E-state index in [4.69, 9.17) is 13.8 Å². The van der Waals surface area contributed by atoms with Gasteiger partial charge in [0, 0.05) is 55.3 Å². The fourth-order valence-electron chi connectivity index (χ4n) is 7.63. The molecule has 0 saturated heterocycles. The highest BCUT2D eigenvalue weighted by Gasteiger charge is 2.18. The van der Waals surface area contributed by atoms with Gasteiger partial charge in [-0.25, -0.2) is 4.98 Å². The minimum atomic E-state index is 0.582. The van der Waals surface area contributed by atoms with E-state index in [-0.39, 0.29) is 0 Å². The van der Waals surface area contributed by atoms with Crippen LogP contribution in [-0.4, -0.2) is 14.1 Å². The van der Waals surface area contributed by atoms with Crippen LogP contribution in [0.15, 0.2) is 160 Å². The van der Waals surface area contributed by atoms with Gasteiger partial charge in [0.05, 0.1) is 22.1 Å². The average molecular weight is 616 g/mol. The number of benzene rings is 7. The average Bonchev–Trinajstić information content (AvgIpc) is 3.89. The molecule has 11 aromatic rings. The van der Waals surface area contributed by atoms with Crippen molar-refractivity contribution in [3.8, 4) is 22.8 Å². The quantitative estimate of drug-likeness (QED) is 0.199. The molecule has 0 N–H and O–H groups in total. The molecular weight excluding hydrogens is 590 g/mol. The molecule has 5 heteroatoms. The van der Waals surface area contributed by atoms with E-state index < -0.39 is 0 Å². The molecule has 0 bridgehead atoms. The molecule has 0 fully saturated rings. The first-order valence-corrected chi connectivity index (χ1v) is 16.1. The third-order valence-corrected chi connectivity index (χ3v) is 9.73. The highest BCUT2D eigenvalue weighted by Crippen LogP contribution is 2.38. The number of para-hydroxylation sites is 4. The second kappa shape index (κ2) is 9.47. The molecule has 4 aromatic heterocycles. The standard InChI is InChI=1S/C43H25N3O2/c1-5-16-36-29(12-1)30-13-2-6-17-37(30)46(36)28-20-21-39-33(23-28)31-14-3-7-18-38(31)45(39)27-11-9-10-26(22-27)43-44-35-25-41-34(24-42(35)48-43)32-15-4-8-19-40(32)47-41/h1-25H. The van der Waals surface area contributed by atoms with E-state index in [0.29, 0.717) is 5.89 Å². The van der Waals surface area contributed by atoms with Gasteiger partial charge in [0.1, 0.15) is 16.7 Å². The Balaban J connectivity index is 1.08. The van der Waals surface area contributed by atoms with Crippen LogP contribution in [0.3, 0.4) is 0 Å². The summed E-state index contributed by atoms with van der Waals surface area (Å²) in [6, 6.07) is 53.3. The topological polar surface area (TPSA) is 49.0 Å². The van der Waals surface area contributed by atoms with Crippen molar-refractivity contribution < 1.29 is 8.83 Å². The Morgan fingerprint density at radius 3 is 1.71 bits per heavy atom. The van der Waals surface area contributed by atoms with E-state index in [1.165, 1.54) is 32.6 Å². The second-order valence-electron chi connectivity index (χ2n) is 12.4. The number of aromatic nitrogens is 3. The highest BCUT2D eigenvalue weighted by molar-refractivity contribution is 6.12. The molecule has 0 saturated carbocycles. The fourth-order valence-corrected chi connectivity index (χ4v) is 7.63. The molecular formula is C43H25N3O2. The van der Waals surface area contributed by atoms with Crippen molar-refractivity contribution in [2.24, 2.45) is 0 Å². The lowest BCUT2D eigenvalue weighted by molar-refractivity contribution is 0.620. The lowest BCUT2D eigenvalue weighted by Crippen LogP contribution is -1.96. The molecule has 224 valence electrons. The van der Waals surface area contributed by atoms with Gasteiger partial charge in [0.15, 0.2) is 5.58 Å². The summed E-state index contributed by atoms with van der Waals surface area (Å²) in [7, 11) is 0. The zero-order chi connectivity index (χ0) is 31.3. The molecule has 0 radical (unpaired) electrons. The molecule has 7 aromatic carbocycles. The summed E-state index contributed by atoms with van der Waals surface area (Å²) >= 11 is 0. The summed E-state index contributed by atoms with van der Waals surface area (Å²) < 4.78 is 17.2. The van der Waals surface area contributed by atoms with Crippen LogP contribution in [0, 0.1) is 0 Å². The van der Waals surface area contributed by atoms with E-state index in [1.807, 2.05) is 30.3 Å². The molecule has 0 amide bonds. The Bertz CT molecular complexity index is 3030. The molecule has 11 rings (SSSR count). The minimum Gasteiger partial charge on any atom is -0.456 e. The van der Waals surface area contributed by atoms with Crippen LogP contribution in [0.5, 0.6) is 0 Å². The lowest BCUT2D eigenvalue weighted by Gasteiger charge is -2.11. The minimum absolute atomic E-state index is 0.582. The Morgan fingerprint density at radius 1 is 0.375 bits per heavy atom. The van der Waals surface area contributed by atoms with Crippen molar-refractivity contribution in [1.82, 2.24) is 14.1 Å². The Labute approximate surface area is 273 Å². The number of hydrogen-bond acceptors (Lipinski definition) is 3. The first-order valence-electron chi connectivity index (χ1n) is 16.1. The van der Waals surface area contributed by atoms with E-state index >= 15 is 0 Å². The molecule has 0 aliphatic heterocycles. The maximum Gasteiger partial charge on any atom is 0.227 e. The molecule has 48 heavy (non-hydrogen) atoms. The van der Waals surface area contributed by atoms with E-state index in [0.717, 1.165) is 61.0 Å². The van der Waals surface area contributed by atoms with Crippen molar-refractivity contribution in [3.63, 3.8) is 0 Å². The predicted molar refractivity (Wildman–Crippen MR) is 195 cm³/mol. The van der Waals surface area contributed by atoms with Crippen LogP contribution >= 0.6 is 0 Å². The van der Waals surface area contributed by atoms with Crippen LogP contribution in [0.1, 0.15) is 0 Å². The first kappa shape index (κ1) is 25.6. The van der Waals surface area contributed by atoms with E-state index in [2.05, 4.69) is 130 Å². The van der Waals surface area contributed by atoms with Gasteiger partial charge < -0.3 is 18.0 Å². The Hall–Kier alpha value is -6.59. The first-order chi connectivity index (χ1) is 23.8. The van der Waals surface area contributed by atoms with Gasteiger partial charge >= 0.3 is 0 Å². The summed E-state index contributed by atoms with van der Waals surface area (Å²) in [5.74, 6) is 0.582. The monoisotopic (exact) mass is 615 g/mol. The smallest absolute Gasteiger partial charge is 0.227 e. The maximum atomic E-state index is 6.39. The maximum absolute atomic E-state index is 6.39. The van der Waals surface area contributed by atoms with Gasteiger partial charge in [-0.2, -0.15) is 0 Å². The van der Waals surface area contributed by atoms with Crippen LogP contribution in [-0.2, 0) is 0 Å². The van der Waals surface area contributed by atoms with Crippen LogP contribution in [0.2, 0.25) is 0 Å². The van der Waals surface area contributed by atoms with Gasteiger partial charge in [-0.1, -0.05) is 78.9 Å². The number of rotatable bonds is 3. The second-order valence-corrected chi connectivity index (χ2v) is 12.4. The van der Waals surface area contributed by atoms with Crippen molar-refractivity contribution in [1.29, 1.82) is 0 Å². The van der Waals surface area contributed by atoms with Crippen LogP contribution in [0.25, 0.3) is 99.5 Å². The Kier molecular flexibility index (Phi) is 5.05. The SMILES string of the molecule is c1cc(-c2nc3cc4oc5ccccc5c4cc3o2)cc(-n2c3ccccc3c3cc(-n4c5ccccc5c5ccccc54)ccc32)c1. The van der Waals surface area contributed by atoms with Gasteiger partial charge in [-0.05, 0) is 66.7 Å². The van der Waals surface area contributed by atoms with Crippen LogP contribution in [0.4, 0.5) is 0 Å². The lowest BCUT2D eigenvalue weighted by atomic mass is 10.1. The molecule has 4 heterocycles. The number of furan rings is 1. The Morgan fingerprint density at radius 2 is 0.979 bits per heavy atom. The molecule has 0 unspecified atom stereocenters. The summed E-state index contributed by atoms with van der Waals surface area (Å²) in [6.07, 6.45) is 0. The predicted octanol–water partition coefficient (Wildman–Crippen LogP) is 11.6. The number of hydrogen-bond donors (Lipinski definition) is 0. The normalized spacial score (nSPS) is 12.2. The van der Waals surface area contributed by atoms with E-state index in [1.54, 1.807) is 0 Å². The molecule has 5 nitrogen and oxygen atoms in total. The number of nitrogens with zero attached hydrogens (tertiary/aromatic N) is 3. The molecule has 0 aliphatic carbocycles. The van der Waals surface area contributed by atoms with Gasteiger partial charge in [-0.3, -0.25) is 0 Å². The number of oxazole rings is 1. The third-order valence-electron chi connectivity index (χ3n) is 9.73. The number of fused-ring (bicyclic) bond motifs is 10. The highest BCUT2D eigenvalue weighted by atomic mass is 16.4. The largest absolute Gasteiger partial charge is 0.456 e. The fraction of sp³-hybridized carbons (Fsp3) is 0. The van der Waals surface area contributed by atoms with Gasteiger partial charge in [0.2, 0.25) is 5.89 Å². The van der Waals surface area contributed by atoms with Crippen molar-refractivity contribution >= 4 is 76.6 Å². The zero-order valence-electron chi connectivity index (χ0n) is 25.6. The molecule has 0 spiro atoms. The zero-order valence-corrected chi connectivity index (χ0v) is 25.6. The summed E-state index contributed by atoms with van der Waals surface area (Å²) in [5, 5.41) is 7.02. The van der Waals surface area contributed by atoms with Crippen molar-refractivity contribution in [3.05, 3.63) is 152 Å². The van der Waals surface area contributed by atoms with E-state index in [9.17, 15) is 0 Å². The van der Waals surface area contributed by atoms with Crippen molar-refractivity contribution in [2.75, 3.05) is 0 Å². The van der Waals surface area contributed by atoms with Gasteiger partial charge in [0.25, 0.3) is 0 Å². The molecule has 0 aliphatic rings. The van der Waals surface area contributed by atoms with Gasteiger partial charge in [-0.15, -0.1) is 0 Å². The summed E-state index contributed by atoms with van der Waals surface area (Å²) in [4.78, 5) is 4.90. The van der Waals surface area contributed by atoms with Crippen molar-refractivity contribution in [2.45, 2.75) is 0 Å². The summed E-state index contributed by atoms with van der Waals surface area (Å²) in [5.41, 5.74) is 11.0.